The molecule has 0 bridgehead atoms. The van der Waals surface area contributed by atoms with Crippen LogP contribution in [0.3, 0.4) is 0 Å². The lowest BCUT2D eigenvalue weighted by molar-refractivity contribution is 0.0950. The Morgan fingerprint density at radius 2 is 2.00 bits per heavy atom. The number of nitrogens with one attached hydrogen (secondary N) is 2. The zero-order chi connectivity index (χ0) is 25.8. The number of carbonyl (C=O) groups excluding carboxylic acids is 2. The summed E-state index contributed by atoms with van der Waals surface area (Å²) in [5, 5.41) is 9.96. The van der Waals surface area contributed by atoms with Crippen LogP contribution in [0.25, 0.3) is 0 Å². The molecule has 1 aromatic heterocycles. The molecule has 2 N–H and O–H groups in total. The average molecular weight is 497 g/mol. The number of amides is 3. The van der Waals surface area contributed by atoms with Crippen molar-refractivity contribution in [2.75, 3.05) is 63.1 Å². The van der Waals surface area contributed by atoms with E-state index in [1.165, 1.54) is 0 Å². The van der Waals surface area contributed by atoms with Crippen LogP contribution in [0.15, 0.2) is 24.4 Å². The first-order valence-corrected chi connectivity index (χ1v) is 12.4. The maximum Gasteiger partial charge on any atom is 0.343 e. The summed E-state index contributed by atoms with van der Waals surface area (Å²) in [7, 11) is 7.23. The quantitative estimate of drug-likeness (QED) is 0.546. The number of anilines is 4. The second kappa shape index (κ2) is 11.0. The predicted molar refractivity (Wildman–Crippen MR) is 140 cm³/mol. The molecule has 0 unspecified atom stereocenters. The molecule has 1 aliphatic carbocycles. The number of ether oxygens (including phenoxy) is 1. The van der Waals surface area contributed by atoms with Crippen LogP contribution in [0.2, 0.25) is 0 Å². The van der Waals surface area contributed by atoms with E-state index >= 15 is 0 Å². The Hall–Kier alpha value is -3.60. The first-order chi connectivity index (χ1) is 17.3. The highest BCUT2D eigenvalue weighted by Crippen LogP contribution is 2.39. The van der Waals surface area contributed by atoms with Crippen molar-refractivity contribution in [2.24, 2.45) is 0 Å². The summed E-state index contributed by atoms with van der Waals surface area (Å²) in [6, 6.07) is 5.36. The molecular weight excluding hydrogens is 460 g/mol. The number of nitrogens with zero attached hydrogens (tertiary/aromatic N) is 6. The van der Waals surface area contributed by atoms with Crippen LogP contribution in [-0.2, 0) is 0 Å². The second-order valence-corrected chi connectivity index (χ2v) is 9.34. The summed E-state index contributed by atoms with van der Waals surface area (Å²) < 4.78 is 5.55. The van der Waals surface area contributed by atoms with Gasteiger partial charge in [-0.1, -0.05) is 12.8 Å². The van der Waals surface area contributed by atoms with Gasteiger partial charge in [-0.05, 0) is 52.1 Å². The number of methoxy groups -OCH3 is 1. The molecule has 2 aliphatic rings. The highest BCUT2D eigenvalue weighted by molar-refractivity contribution is 5.99. The lowest BCUT2D eigenvalue weighted by Gasteiger charge is -2.45. The first kappa shape index (κ1) is 25.5. The molecule has 11 nitrogen and oxygen atoms in total. The van der Waals surface area contributed by atoms with Gasteiger partial charge in [0, 0.05) is 32.2 Å². The minimum absolute atomic E-state index is 0.0812. The van der Waals surface area contributed by atoms with Crippen LogP contribution in [0.5, 0.6) is 5.75 Å². The monoisotopic (exact) mass is 496 g/mol. The molecule has 1 aliphatic heterocycles. The molecule has 0 saturated heterocycles. The van der Waals surface area contributed by atoms with Crippen LogP contribution < -0.4 is 25.3 Å². The van der Waals surface area contributed by atoms with Crippen LogP contribution >= 0.6 is 0 Å². The molecule has 1 saturated carbocycles. The Morgan fingerprint density at radius 3 is 2.67 bits per heavy atom. The normalized spacial score (nSPS) is 15.9. The average Bonchev–Trinajstić information content (AvgIpc) is 3.40. The fourth-order valence-electron chi connectivity index (χ4n) is 4.67. The van der Waals surface area contributed by atoms with Gasteiger partial charge >= 0.3 is 6.03 Å². The third-order valence-corrected chi connectivity index (χ3v) is 6.62. The van der Waals surface area contributed by atoms with E-state index in [0.29, 0.717) is 47.5 Å². The van der Waals surface area contributed by atoms with Gasteiger partial charge in [0.1, 0.15) is 11.4 Å². The van der Waals surface area contributed by atoms with Crippen molar-refractivity contribution in [3.63, 3.8) is 0 Å². The summed E-state index contributed by atoms with van der Waals surface area (Å²) in [6.07, 6.45) is 5.99. The second-order valence-electron chi connectivity index (χ2n) is 9.34. The van der Waals surface area contributed by atoms with E-state index in [9.17, 15) is 9.59 Å². The van der Waals surface area contributed by atoms with Crippen LogP contribution in [0.4, 0.5) is 27.9 Å². The summed E-state index contributed by atoms with van der Waals surface area (Å²) in [6.45, 7) is 3.84. The molecule has 36 heavy (non-hydrogen) atoms. The molecule has 0 atom stereocenters. The van der Waals surface area contributed by atoms with E-state index in [0.717, 1.165) is 32.2 Å². The highest BCUT2D eigenvalue weighted by atomic mass is 16.5. The van der Waals surface area contributed by atoms with Gasteiger partial charge in [-0.15, -0.1) is 0 Å². The van der Waals surface area contributed by atoms with E-state index in [1.807, 2.05) is 25.9 Å². The molecule has 4 rings (SSSR count). The van der Waals surface area contributed by atoms with Gasteiger partial charge in [-0.25, -0.2) is 14.8 Å². The Morgan fingerprint density at radius 1 is 1.25 bits per heavy atom. The molecule has 3 amide bonds. The van der Waals surface area contributed by atoms with Crippen molar-refractivity contribution in [3.8, 4) is 5.75 Å². The number of benzene rings is 1. The molecule has 1 fully saturated rings. The number of carbonyl (C=O) groups is 2. The number of hydrogen-bond donors (Lipinski definition) is 2. The van der Waals surface area contributed by atoms with Gasteiger partial charge in [-0.3, -0.25) is 14.7 Å². The Bertz CT molecular complexity index is 1100. The fraction of sp³-hybridized carbons (Fsp3) is 0.520. The van der Waals surface area contributed by atoms with Crippen molar-refractivity contribution >= 4 is 35.1 Å². The molecule has 0 radical (unpaired) electrons. The first-order valence-electron chi connectivity index (χ1n) is 12.4. The van der Waals surface area contributed by atoms with E-state index < -0.39 is 0 Å². The minimum atomic E-state index is -0.161. The Balaban J connectivity index is 1.59. The smallest absolute Gasteiger partial charge is 0.343 e. The lowest BCUT2D eigenvalue weighted by Crippen LogP contribution is -2.59. The van der Waals surface area contributed by atoms with Crippen molar-refractivity contribution in [2.45, 2.75) is 38.6 Å². The number of fused-ring (bicyclic) bond motifs is 1. The number of urea groups is 1. The van der Waals surface area contributed by atoms with E-state index in [4.69, 9.17) is 9.72 Å². The zero-order valence-corrected chi connectivity index (χ0v) is 21.7. The molecule has 2 aromatic rings. The van der Waals surface area contributed by atoms with E-state index in [2.05, 4.69) is 20.6 Å². The van der Waals surface area contributed by atoms with Crippen LogP contribution in [-0.4, -0.2) is 85.7 Å². The third-order valence-electron chi connectivity index (χ3n) is 6.62. The van der Waals surface area contributed by atoms with Gasteiger partial charge in [0.2, 0.25) is 5.95 Å². The summed E-state index contributed by atoms with van der Waals surface area (Å²) >= 11 is 0. The molecule has 11 heteroatoms. The Kier molecular flexibility index (Phi) is 7.78. The van der Waals surface area contributed by atoms with Crippen molar-refractivity contribution in [1.29, 1.82) is 0 Å². The number of aromatic nitrogens is 2. The van der Waals surface area contributed by atoms with Gasteiger partial charge in [0.15, 0.2) is 5.82 Å². The summed E-state index contributed by atoms with van der Waals surface area (Å²) in [4.78, 5) is 38.5. The largest absolute Gasteiger partial charge is 0.495 e. The number of hydrazine groups is 1. The molecule has 2 heterocycles. The SMILES string of the molecule is CCN1C(=O)N(C)c2cnc(Nc3ccc(C(=O)NCCN(C)C)cc3OC)nc2N1C1CCCC1. The van der Waals surface area contributed by atoms with Gasteiger partial charge in [0.25, 0.3) is 5.91 Å². The van der Waals surface area contributed by atoms with E-state index in [-0.39, 0.29) is 18.0 Å². The summed E-state index contributed by atoms with van der Waals surface area (Å²) in [5.41, 5.74) is 1.83. The van der Waals surface area contributed by atoms with Crippen LogP contribution in [0.1, 0.15) is 43.0 Å². The van der Waals surface area contributed by atoms with Crippen molar-refractivity contribution < 1.29 is 14.3 Å². The van der Waals surface area contributed by atoms with Gasteiger partial charge in [-0.2, -0.15) is 4.98 Å². The number of rotatable bonds is 9. The molecule has 0 spiro atoms. The molecule has 194 valence electrons. The van der Waals surface area contributed by atoms with Crippen LogP contribution in [0, 0.1) is 0 Å². The topological polar surface area (TPSA) is 106 Å². The predicted octanol–water partition coefficient (Wildman–Crippen LogP) is 3.08. The lowest BCUT2D eigenvalue weighted by atomic mass is 10.1. The zero-order valence-electron chi connectivity index (χ0n) is 21.7. The maximum absolute atomic E-state index is 13.0. The van der Waals surface area contributed by atoms with Crippen molar-refractivity contribution in [1.82, 2.24) is 25.2 Å². The summed E-state index contributed by atoms with van der Waals surface area (Å²) in [5.74, 6) is 1.44. The van der Waals surface area contributed by atoms with E-state index in [1.54, 1.807) is 48.5 Å². The fourth-order valence-corrected chi connectivity index (χ4v) is 4.67. The highest BCUT2D eigenvalue weighted by Gasteiger charge is 2.39. The van der Waals surface area contributed by atoms with Crippen molar-refractivity contribution in [3.05, 3.63) is 30.0 Å². The Labute approximate surface area is 212 Å². The standard InChI is InChI=1S/C25H36N8O3/c1-6-32-25(35)31(4)20-16-27-24(29-22(20)33(32)18-9-7-8-10-18)28-19-12-11-17(15-21(19)36-5)23(34)26-13-14-30(2)3/h11-12,15-16,18H,6-10,13-14H2,1-5H3,(H,26,34)(H,27,28,29). The third kappa shape index (κ3) is 5.15. The molecule has 1 aromatic carbocycles. The minimum Gasteiger partial charge on any atom is -0.495 e. The number of likely N-dealkylation sites (N-methyl/N-ethyl adjacent to an activating group) is 1. The number of hydrogen-bond acceptors (Lipinski definition) is 8. The molecular formula is C25H36N8O3. The maximum atomic E-state index is 13.0. The van der Waals surface area contributed by atoms with Gasteiger partial charge < -0.3 is 20.3 Å². The van der Waals surface area contributed by atoms with Gasteiger partial charge in [0.05, 0.1) is 25.0 Å².